The summed E-state index contributed by atoms with van der Waals surface area (Å²) in [5.41, 5.74) is 2.15. The molecule has 1 unspecified atom stereocenters. The van der Waals surface area contributed by atoms with E-state index in [2.05, 4.69) is 30.9 Å². The lowest BCUT2D eigenvalue weighted by Gasteiger charge is -2.62. The van der Waals surface area contributed by atoms with Gasteiger partial charge in [-0.05, 0) is 43.2 Å². The summed E-state index contributed by atoms with van der Waals surface area (Å²) in [5.74, 6) is 0.591. The van der Waals surface area contributed by atoms with Gasteiger partial charge in [-0.2, -0.15) is 0 Å². The van der Waals surface area contributed by atoms with Crippen molar-refractivity contribution in [1.82, 2.24) is 14.7 Å². The van der Waals surface area contributed by atoms with Crippen molar-refractivity contribution in [2.75, 3.05) is 46.5 Å². The average Bonchev–Trinajstić information content (AvgIpc) is 2.83. The van der Waals surface area contributed by atoms with E-state index in [4.69, 9.17) is 9.47 Å². The van der Waals surface area contributed by atoms with Crippen LogP contribution in [0.3, 0.4) is 0 Å². The Labute approximate surface area is 201 Å². The molecule has 0 aromatic heterocycles. The topological polar surface area (TPSA) is 62.3 Å². The van der Waals surface area contributed by atoms with Crippen molar-refractivity contribution in [3.8, 4) is 5.75 Å². The van der Waals surface area contributed by atoms with Crippen LogP contribution >= 0.6 is 0 Å². The second-order valence-corrected chi connectivity index (χ2v) is 9.82. The molecule has 0 aliphatic carbocycles. The van der Waals surface area contributed by atoms with Crippen LogP contribution in [0.5, 0.6) is 5.75 Å². The standard InChI is InChI=1S/C27H33N3O4/c1-19(2)30-25(31)23-7-5-4-6-22(23)24(26(32)29-12-14-34-15-13-29)27(30)17-28(18-27)16-20-8-10-21(33-3)11-9-20/h4-11,19,24H,12-18H2,1-3H3. The first-order valence-corrected chi connectivity index (χ1v) is 12.1. The fourth-order valence-electron chi connectivity index (χ4n) is 5.95. The zero-order valence-electron chi connectivity index (χ0n) is 20.2. The Morgan fingerprint density at radius 2 is 1.76 bits per heavy atom. The molecule has 34 heavy (non-hydrogen) atoms. The number of carbonyl (C=O) groups is 2. The van der Waals surface area contributed by atoms with Crippen molar-refractivity contribution in [3.63, 3.8) is 0 Å². The molecule has 0 bridgehead atoms. The van der Waals surface area contributed by atoms with Crippen LogP contribution in [0.25, 0.3) is 0 Å². The summed E-state index contributed by atoms with van der Waals surface area (Å²) in [7, 11) is 1.66. The molecule has 180 valence electrons. The van der Waals surface area contributed by atoms with Crippen LogP contribution in [0.15, 0.2) is 48.5 Å². The van der Waals surface area contributed by atoms with Crippen LogP contribution in [-0.4, -0.2) is 84.6 Å². The third-order valence-electron chi connectivity index (χ3n) is 7.38. The fraction of sp³-hybridized carbons (Fsp3) is 0.481. The minimum Gasteiger partial charge on any atom is -0.497 e. The molecular formula is C27H33N3O4. The molecule has 3 aliphatic heterocycles. The van der Waals surface area contributed by atoms with Gasteiger partial charge in [0.25, 0.3) is 5.91 Å². The highest BCUT2D eigenvalue weighted by Crippen LogP contribution is 2.48. The highest BCUT2D eigenvalue weighted by Gasteiger charge is 2.61. The van der Waals surface area contributed by atoms with Crippen LogP contribution < -0.4 is 4.74 Å². The first-order chi connectivity index (χ1) is 16.4. The third kappa shape index (κ3) is 3.77. The number of likely N-dealkylation sites (tertiary alicyclic amines) is 1. The normalized spacial score (nSPS) is 22.0. The van der Waals surface area contributed by atoms with Gasteiger partial charge in [-0.25, -0.2) is 0 Å². The number of fused-ring (bicyclic) bond motifs is 1. The quantitative estimate of drug-likeness (QED) is 0.683. The van der Waals surface area contributed by atoms with Crippen molar-refractivity contribution >= 4 is 11.8 Å². The summed E-state index contributed by atoms with van der Waals surface area (Å²) in [6, 6.07) is 15.7. The monoisotopic (exact) mass is 463 g/mol. The molecule has 0 saturated carbocycles. The highest BCUT2D eigenvalue weighted by molar-refractivity contribution is 6.02. The van der Waals surface area contributed by atoms with E-state index in [0.29, 0.717) is 45.0 Å². The van der Waals surface area contributed by atoms with Gasteiger partial charge in [0.05, 0.1) is 31.8 Å². The van der Waals surface area contributed by atoms with Crippen LogP contribution in [0.4, 0.5) is 0 Å². The number of nitrogens with zero attached hydrogens (tertiary/aromatic N) is 3. The summed E-state index contributed by atoms with van der Waals surface area (Å²) in [6.07, 6.45) is 0. The number of carbonyl (C=O) groups excluding carboxylic acids is 2. The second-order valence-electron chi connectivity index (χ2n) is 9.82. The Bertz CT molecular complexity index is 1060. The second kappa shape index (κ2) is 9.04. The number of morpholine rings is 1. The van der Waals surface area contributed by atoms with Gasteiger partial charge in [-0.15, -0.1) is 0 Å². The van der Waals surface area contributed by atoms with E-state index in [-0.39, 0.29) is 23.8 Å². The highest BCUT2D eigenvalue weighted by atomic mass is 16.5. The Balaban J connectivity index is 1.49. The van der Waals surface area contributed by atoms with Crippen molar-refractivity contribution in [2.24, 2.45) is 0 Å². The largest absolute Gasteiger partial charge is 0.497 e. The molecule has 0 radical (unpaired) electrons. The molecule has 2 fully saturated rings. The van der Waals surface area contributed by atoms with Gasteiger partial charge in [0.1, 0.15) is 5.75 Å². The van der Waals surface area contributed by atoms with Gasteiger partial charge in [0.15, 0.2) is 0 Å². The number of hydrogen-bond donors (Lipinski definition) is 0. The first kappa shape index (κ1) is 22.9. The summed E-state index contributed by atoms with van der Waals surface area (Å²) in [6.45, 7) is 8.51. The van der Waals surface area contributed by atoms with Crippen LogP contribution in [0.2, 0.25) is 0 Å². The zero-order valence-corrected chi connectivity index (χ0v) is 20.2. The molecule has 5 rings (SSSR count). The van der Waals surface area contributed by atoms with Gasteiger partial charge in [-0.3, -0.25) is 14.5 Å². The molecule has 3 heterocycles. The lowest BCUT2D eigenvalue weighted by atomic mass is 9.67. The summed E-state index contributed by atoms with van der Waals surface area (Å²) in [4.78, 5) is 34.0. The Hall–Kier alpha value is -2.90. The van der Waals surface area contributed by atoms with Crippen LogP contribution in [0.1, 0.15) is 41.3 Å². The number of rotatable bonds is 5. The summed E-state index contributed by atoms with van der Waals surface area (Å²) >= 11 is 0. The van der Waals surface area contributed by atoms with Gasteiger partial charge in [0.2, 0.25) is 5.91 Å². The number of hydrogen-bond acceptors (Lipinski definition) is 5. The van der Waals surface area contributed by atoms with Gasteiger partial charge >= 0.3 is 0 Å². The molecule has 1 atom stereocenters. The van der Waals surface area contributed by atoms with Gasteiger partial charge in [-0.1, -0.05) is 30.3 Å². The van der Waals surface area contributed by atoms with Gasteiger partial charge in [0, 0.05) is 44.3 Å². The molecule has 2 amide bonds. The lowest BCUT2D eigenvalue weighted by molar-refractivity contribution is -0.148. The maximum Gasteiger partial charge on any atom is 0.254 e. The lowest BCUT2D eigenvalue weighted by Crippen LogP contribution is -2.77. The van der Waals surface area contributed by atoms with E-state index in [0.717, 1.165) is 17.9 Å². The molecule has 7 heteroatoms. The predicted octanol–water partition coefficient (Wildman–Crippen LogP) is 2.76. The Kier molecular flexibility index (Phi) is 6.08. The summed E-state index contributed by atoms with van der Waals surface area (Å²) < 4.78 is 10.8. The van der Waals surface area contributed by atoms with Crippen molar-refractivity contribution < 1.29 is 19.1 Å². The number of amides is 2. The predicted molar refractivity (Wildman–Crippen MR) is 129 cm³/mol. The van der Waals surface area contributed by atoms with E-state index in [1.54, 1.807) is 7.11 Å². The fourth-order valence-corrected chi connectivity index (χ4v) is 5.95. The molecule has 2 aromatic carbocycles. The van der Waals surface area contributed by atoms with E-state index in [1.807, 2.05) is 46.2 Å². The summed E-state index contributed by atoms with van der Waals surface area (Å²) in [5, 5.41) is 0. The Morgan fingerprint density at radius 3 is 2.41 bits per heavy atom. The smallest absolute Gasteiger partial charge is 0.254 e. The van der Waals surface area contributed by atoms with Gasteiger partial charge < -0.3 is 19.3 Å². The average molecular weight is 464 g/mol. The van der Waals surface area contributed by atoms with Crippen LogP contribution in [0, 0.1) is 0 Å². The van der Waals surface area contributed by atoms with Crippen molar-refractivity contribution in [1.29, 1.82) is 0 Å². The molecule has 7 nitrogen and oxygen atoms in total. The van der Waals surface area contributed by atoms with E-state index >= 15 is 0 Å². The maximum atomic E-state index is 14.0. The maximum absolute atomic E-state index is 14.0. The molecule has 0 N–H and O–H groups in total. The molecule has 2 saturated heterocycles. The minimum atomic E-state index is -0.554. The van der Waals surface area contributed by atoms with Crippen molar-refractivity contribution in [2.45, 2.75) is 37.9 Å². The molecule has 1 spiro atoms. The van der Waals surface area contributed by atoms with E-state index in [1.165, 1.54) is 5.56 Å². The van der Waals surface area contributed by atoms with E-state index < -0.39 is 5.54 Å². The Morgan fingerprint density at radius 1 is 1.09 bits per heavy atom. The van der Waals surface area contributed by atoms with Crippen molar-refractivity contribution in [3.05, 3.63) is 65.2 Å². The minimum absolute atomic E-state index is 0.0102. The SMILES string of the molecule is COc1ccc(CN2CC3(C2)C(C(=O)N2CCOCC2)c2ccccc2C(=O)N3C(C)C)cc1. The number of benzene rings is 2. The zero-order chi connectivity index (χ0) is 23.9. The molecule has 2 aromatic rings. The molecular weight excluding hydrogens is 430 g/mol. The van der Waals surface area contributed by atoms with Crippen LogP contribution in [-0.2, 0) is 16.1 Å². The number of methoxy groups -OCH3 is 1. The molecule has 3 aliphatic rings. The third-order valence-corrected chi connectivity index (χ3v) is 7.38. The first-order valence-electron chi connectivity index (χ1n) is 12.1. The van der Waals surface area contributed by atoms with E-state index in [9.17, 15) is 9.59 Å². The number of ether oxygens (including phenoxy) is 2.